The van der Waals surface area contributed by atoms with Crippen LogP contribution in [0.4, 0.5) is 0 Å². The van der Waals surface area contributed by atoms with E-state index in [4.69, 9.17) is 5.73 Å². The number of aromatic hydroxyl groups is 2. The van der Waals surface area contributed by atoms with Crippen LogP contribution in [0.1, 0.15) is 134 Å². The molecule has 0 saturated carbocycles. The van der Waals surface area contributed by atoms with Crippen LogP contribution in [0.3, 0.4) is 0 Å². The van der Waals surface area contributed by atoms with Crippen molar-refractivity contribution in [2.45, 2.75) is 154 Å². The van der Waals surface area contributed by atoms with E-state index in [0.717, 1.165) is 19.3 Å². The average molecular weight is 823 g/mol. The second-order valence-corrected chi connectivity index (χ2v) is 15.9. The van der Waals surface area contributed by atoms with Crippen LogP contribution < -0.4 is 27.0 Å². The Kier molecular flexibility index (Phi) is 20.7. The lowest BCUT2D eigenvalue weighted by atomic mass is 9.81. The molecule has 0 aliphatic carbocycles. The first-order chi connectivity index (χ1) is 28.2. The predicted molar refractivity (Wildman–Crippen MR) is 228 cm³/mol. The summed E-state index contributed by atoms with van der Waals surface area (Å²) in [6.07, 6.45) is 14.1. The number of benzene rings is 2. The zero-order valence-electron chi connectivity index (χ0n) is 35.3. The van der Waals surface area contributed by atoms with Crippen molar-refractivity contribution < 1.29 is 44.2 Å². The highest BCUT2D eigenvalue weighted by molar-refractivity contribution is 6.43. The maximum atomic E-state index is 14.4. The van der Waals surface area contributed by atoms with Gasteiger partial charge in [0.05, 0.1) is 5.94 Å². The van der Waals surface area contributed by atoms with Crippen LogP contribution >= 0.6 is 0 Å². The Hall–Kier alpha value is -4.67. The molecule has 1 heterocycles. The van der Waals surface area contributed by atoms with E-state index in [9.17, 15) is 44.2 Å². The molecule has 5 unspecified atom stereocenters. The third-order valence-corrected chi connectivity index (χ3v) is 10.9. The Labute approximate surface area is 349 Å². The first-order valence-electron chi connectivity index (χ1n) is 21.4. The smallest absolute Gasteiger partial charge is 0.475 e. The van der Waals surface area contributed by atoms with Gasteiger partial charge in [-0.15, -0.1) is 0 Å². The number of amides is 5. The maximum absolute atomic E-state index is 14.4. The van der Waals surface area contributed by atoms with Gasteiger partial charge in [-0.3, -0.25) is 24.0 Å². The molecule has 0 radical (unpaired) electrons. The highest BCUT2D eigenvalue weighted by Crippen LogP contribution is 2.39. The normalized spacial score (nSPS) is 17.8. The second-order valence-electron chi connectivity index (χ2n) is 15.9. The number of carbonyl (C=O) groups excluding carboxylic acids is 5. The van der Waals surface area contributed by atoms with Gasteiger partial charge in [0.1, 0.15) is 35.7 Å². The van der Waals surface area contributed by atoms with Gasteiger partial charge < -0.3 is 52.2 Å². The molecular formula is C43H67BN6O9. The SMILES string of the molecule is CCCCCCCCCCCCCC(=O)NC(CCCCN)C(=O)N(C)C1C(=O)NC(C)C(=O)NC(C(=O)NC(C)B(O)O)Cc2ccc(O)c(c2)-c2cc1ccc2O. The third-order valence-electron chi connectivity index (χ3n) is 10.9. The molecule has 15 nitrogen and oxygen atoms in total. The van der Waals surface area contributed by atoms with Crippen LogP contribution in [0.2, 0.25) is 0 Å². The summed E-state index contributed by atoms with van der Waals surface area (Å²) >= 11 is 0. The van der Waals surface area contributed by atoms with Crippen molar-refractivity contribution in [3.8, 4) is 22.6 Å². The number of carbonyl (C=O) groups is 5. The molecule has 0 aromatic heterocycles. The predicted octanol–water partition coefficient (Wildman–Crippen LogP) is 3.64. The van der Waals surface area contributed by atoms with E-state index in [1.165, 1.54) is 101 Å². The minimum Gasteiger partial charge on any atom is -0.507 e. The molecule has 2 aromatic carbocycles. The van der Waals surface area contributed by atoms with Crippen LogP contribution in [0, 0.1) is 0 Å². The van der Waals surface area contributed by atoms with E-state index in [0.29, 0.717) is 31.4 Å². The summed E-state index contributed by atoms with van der Waals surface area (Å²) in [5, 5.41) is 51.8. The first-order valence-corrected chi connectivity index (χ1v) is 21.4. The number of unbranched alkanes of at least 4 members (excludes halogenated alkanes) is 11. The Morgan fingerprint density at radius 3 is 2.03 bits per heavy atom. The number of nitrogens with zero attached hydrogens (tertiary/aromatic N) is 1. The van der Waals surface area contributed by atoms with Crippen LogP contribution in [0.5, 0.6) is 11.5 Å². The number of likely N-dealkylation sites (N-methyl/N-ethyl adjacent to an activating group) is 1. The molecule has 1 aliphatic rings. The van der Waals surface area contributed by atoms with Crippen LogP contribution in [-0.2, 0) is 30.4 Å². The number of hydrogen-bond acceptors (Lipinski definition) is 10. The maximum Gasteiger partial charge on any atom is 0.475 e. The van der Waals surface area contributed by atoms with Crippen molar-refractivity contribution in [3.05, 3.63) is 47.5 Å². The molecule has 0 spiro atoms. The molecule has 59 heavy (non-hydrogen) atoms. The molecule has 326 valence electrons. The Morgan fingerprint density at radius 2 is 1.42 bits per heavy atom. The number of fused-ring (bicyclic) bond motifs is 5. The number of rotatable bonds is 22. The largest absolute Gasteiger partial charge is 0.507 e. The molecule has 2 aromatic rings. The van der Waals surface area contributed by atoms with E-state index in [1.54, 1.807) is 6.07 Å². The fourth-order valence-corrected chi connectivity index (χ4v) is 7.25. The Bertz CT molecular complexity index is 1690. The number of nitrogens with one attached hydrogen (secondary N) is 4. The van der Waals surface area contributed by atoms with Crippen LogP contribution in [0.15, 0.2) is 36.4 Å². The Balaban J connectivity index is 1.88. The van der Waals surface area contributed by atoms with Crippen molar-refractivity contribution in [1.29, 1.82) is 0 Å². The first kappa shape index (κ1) is 48.7. The van der Waals surface area contributed by atoms with Gasteiger partial charge in [0.25, 0.3) is 0 Å². The number of nitrogens with two attached hydrogens (primary N) is 1. The van der Waals surface area contributed by atoms with Crippen molar-refractivity contribution in [2.75, 3.05) is 13.6 Å². The lowest BCUT2D eigenvalue weighted by Crippen LogP contribution is -2.57. The van der Waals surface area contributed by atoms with Crippen molar-refractivity contribution in [1.82, 2.24) is 26.2 Å². The van der Waals surface area contributed by atoms with E-state index >= 15 is 0 Å². The topological polar surface area (TPSA) is 244 Å². The molecule has 0 saturated heterocycles. The molecule has 0 fully saturated rings. The Morgan fingerprint density at radius 1 is 0.831 bits per heavy atom. The lowest BCUT2D eigenvalue weighted by Gasteiger charge is -2.32. The zero-order valence-corrected chi connectivity index (χ0v) is 35.3. The summed E-state index contributed by atoms with van der Waals surface area (Å²) in [5.41, 5.74) is 6.77. The van der Waals surface area contributed by atoms with E-state index in [1.807, 2.05) is 0 Å². The van der Waals surface area contributed by atoms with Gasteiger partial charge >= 0.3 is 7.12 Å². The van der Waals surface area contributed by atoms with Gasteiger partial charge in [0.15, 0.2) is 0 Å². The molecular weight excluding hydrogens is 755 g/mol. The van der Waals surface area contributed by atoms with Crippen molar-refractivity contribution in [2.24, 2.45) is 5.73 Å². The summed E-state index contributed by atoms with van der Waals surface area (Å²) < 4.78 is 0. The minimum atomic E-state index is -1.87. The highest BCUT2D eigenvalue weighted by atomic mass is 16.4. The fourth-order valence-electron chi connectivity index (χ4n) is 7.25. The van der Waals surface area contributed by atoms with Crippen LogP contribution in [0.25, 0.3) is 11.1 Å². The van der Waals surface area contributed by atoms with Gasteiger partial charge in [-0.25, -0.2) is 0 Å². The summed E-state index contributed by atoms with van der Waals surface area (Å²) in [6, 6.07) is 3.88. The monoisotopic (exact) mass is 823 g/mol. The number of hydrogen-bond donors (Lipinski definition) is 9. The fraction of sp³-hybridized carbons (Fsp3) is 0.605. The van der Waals surface area contributed by atoms with Gasteiger partial charge in [-0.1, -0.05) is 83.3 Å². The van der Waals surface area contributed by atoms with Crippen molar-refractivity contribution in [3.63, 3.8) is 0 Å². The van der Waals surface area contributed by atoms with Gasteiger partial charge in [-0.05, 0) is 81.5 Å². The lowest BCUT2D eigenvalue weighted by molar-refractivity contribution is -0.143. The van der Waals surface area contributed by atoms with E-state index < -0.39 is 60.9 Å². The third kappa shape index (κ3) is 15.5. The summed E-state index contributed by atoms with van der Waals surface area (Å²) in [6.45, 7) is 5.39. The quantitative estimate of drug-likeness (QED) is 0.0617. The number of phenols is 2. The van der Waals surface area contributed by atoms with Crippen LogP contribution in [-0.4, -0.2) is 99.5 Å². The molecule has 5 atom stereocenters. The van der Waals surface area contributed by atoms with E-state index in [-0.39, 0.29) is 53.4 Å². The molecule has 1 aliphatic heterocycles. The number of phenolic OH excluding ortho intramolecular Hbond substituents is 2. The summed E-state index contributed by atoms with van der Waals surface area (Å²) in [7, 11) is -0.449. The molecule has 16 heteroatoms. The average Bonchev–Trinajstić information content (AvgIpc) is 3.19. The summed E-state index contributed by atoms with van der Waals surface area (Å²) in [5.74, 6) is -4.61. The molecule has 10 N–H and O–H groups in total. The summed E-state index contributed by atoms with van der Waals surface area (Å²) in [4.78, 5) is 69.9. The zero-order chi connectivity index (χ0) is 43.5. The highest BCUT2D eigenvalue weighted by Gasteiger charge is 2.36. The second kappa shape index (κ2) is 25.1. The van der Waals surface area contributed by atoms with Crippen molar-refractivity contribution >= 4 is 36.7 Å². The van der Waals surface area contributed by atoms with Gasteiger partial charge in [0.2, 0.25) is 29.5 Å². The standard InChI is InChI=1S/C43H67BN6O9/c1-5-6-7-8-9-10-11-12-13-14-15-19-38(53)48-34(18-16-17-24-45)43(57)50(4)39-31-21-23-37(52)33(27-31)32-25-30(20-22-36(32)51)26-35(41(55)47-29(3)44(58)59)49-40(54)28(2)46-42(39)56/h20-23,25,27-29,34-35,39,51-52,58-59H,5-19,24,26,45H2,1-4H3,(H,46,56)(H,47,55)(H,48,53)(H,49,54). The molecule has 3 rings (SSSR count). The molecule has 4 bridgehead atoms. The van der Waals surface area contributed by atoms with Gasteiger partial charge in [-0.2, -0.15) is 0 Å². The minimum absolute atomic E-state index is 0.101. The molecule has 5 amide bonds. The van der Waals surface area contributed by atoms with E-state index in [2.05, 4.69) is 28.2 Å². The van der Waals surface area contributed by atoms with Gasteiger partial charge in [0, 0.05) is 31.0 Å².